The number of piperidine rings is 1. The maximum atomic E-state index is 12.7. The number of hydrogen-bond donors (Lipinski definition) is 0. The highest BCUT2D eigenvalue weighted by molar-refractivity contribution is 5.91. The second-order valence-electron chi connectivity index (χ2n) is 7.86. The Kier molecular flexibility index (Phi) is 6.64. The predicted octanol–water partition coefficient (Wildman–Crippen LogP) is 2.92. The van der Waals surface area contributed by atoms with Crippen LogP contribution < -0.4 is 9.64 Å². The summed E-state index contributed by atoms with van der Waals surface area (Å²) < 4.78 is 5.53. The van der Waals surface area contributed by atoms with E-state index < -0.39 is 0 Å². The van der Waals surface area contributed by atoms with Gasteiger partial charge < -0.3 is 14.5 Å². The molecule has 2 aliphatic heterocycles. The van der Waals surface area contributed by atoms with Crippen LogP contribution in [0.3, 0.4) is 0 Å². The molecule has 1 unspecified atom stereocenters. The molecule has 30 heavy (non-hydrogen) atoms. The third-order valence-electron chi connectivity index (χ3n) is 6.05. The number of hydrogen-bond acceptors (Lipinski definition) is 5. The van der Waals surface area contributed by atoms with Gasteiger partial charge in [-0.25, -0.2) is 0 Å². The zero-order chi connectivity index (χ0) is 20.8. The first-order valence-corrected chi connectivity index (χ1v) is 10.7. The first-order chi connectivity index (χ1) is 14.7. The van der Waals surface area contributed by atoms with E-state index in [1.807, 2.05) is 35.2 Å². The summed E-state index contributed by atoms with van der Waals surface area (Å²) in [6.45, 7) is 5.61. The molecule has 1 aromatic heterocycles. The molecule has 2 aliphatic rings. The van der Waals surface area contributed by atoms with Gasteiger partial charge in [0, 0.05) is 57.6 Å². The summed E-state index contributed by atoms with van der Waals surface area (Å²) in [4.78, 5) is 23.9. The molecule has 3 heterocycles. The number of nitrogens with zero attached hydrogens (tertiary/aromatic N) is 4. The average Bonchev–Trinajstić information content (AvgIpc) is 2.83. The van der Waals surface area contributed by atoms with E-state index in [-0.39, 0.29) is 5.91 Å². The number of carbonyl (C=O) groups excluding carboxylic acids is 1. The van der Waals surface area contributed by atoms with Crippen molar-refractivity contribution < 1.29 is 9.53 Å². The highest BCUT2D eigenvalue weighted by atomic mass is 16.5. The first kappa shape index (κ1) is 20.4. The molecule has 0 radical (unpaired) electrons. The minimum absolute atomic E-state index is 0.0815. The number of likely N-dealkylation sites (tertiary alicyclic amines) is 1. The number of pyridine rings is 1. The lowest BCUT2D eigenvalue weighted by molar-refractivity contribution is -0.128. The third-order valence-corrected chi connectivity index (χ3v) is 6.05. The number of anilines is 1. The second-order valence-corrected chi connectivity index (χ2v) is 7.86. The molecule has 2 saturated heterocycles. The van der Waals surface area contributed by atoms with Gasteiger partial charge >= 0.3 is 0 Å². The number of piperazine rings is 1. The van der Waals surface area contributed by atoms with Gasteiger partial charge in [-0.3, -0.25) is 14.7 Å². The molecule has 0 bridgehead atoms. The molecule has 158 valence electrons. The van der Waals surface area contributed by atoms with E-state index in [2.05, 4.69) is 26.9 Å². The summed E-state index contributed by atoms with van der Waals surface area (Å²) in [7, 11) is 1.73. The van der Waals surface area contributed by atoms with Crippen molar-refractivity contribution in [3.8, 4) is 5.75 Å². The van der Waals surface area contributed by atoms with Crippen LogP contribution in [0.4, 0.5) is 5.69 Å². The lowest BCUT2D eigenvalue weighted by Gasteiger charge is -2.44. The molecule has 0 saturated carbocycles. The van der Waals surface area contributed by atoms with E-state index in [0.29, 0.717) is 6.04 Å². The summed E-state index contributed by atoms with van der Waals surface area (Å²) in [5, 5.41) is 0. The van der Waals surface area contributed by atoms with Crippen LogP contribution in [0, 0.1) is 0 Å². The van der Waals surface area contributed by atoms with Crippen LogP contribution in [0.2, 0.25) is 0 Å². The number of carbonyl (C=O) groups is 1. The van der Waals surface area contributed by atoms with Crippen LogP contribution >= 0.6 is 0 Å². The van der Waals surface area contributed by atoms with Crippen LogP contribution in [-0.4, -0.2) is 73.1 Å². The Morgan fingerprint density at radius 1 is 1.07 bits per heavy atom. The van der Waals surface area contributed by atoms with Gasteiger partial charge in [-0.15, -0.1) is 0 Å². The van der Waals surface area contributed by atoms with Crippen LogP contribution in [0.5, 0.6) is 5.75 Å². The molecule has 0 spiro atoms. The first-order valence-electron chi connectivity index (χ1n) is 10.7. The van der Waals surface area contributed by atoms with Crippen molar-refractivity contribution in [1.29, 1.82) is 0 Å². The minimum Gasteiger partial charge on any atom is -0.495 e. The van der Waals surface area contributed by atoms with Crippen LogP contribution in [-0.2, 0) is 4.79 Å². The average molecular weight is 407 g/mol. The molecule has 2 fully saturated rings. The summed E-state index contributed by atoms with van der Waals surface area (Å²) in [6.07, 6.45) is 7.41. The fourth-order valence-corrected chi connectivity index (χ4v) is 4.41. The highest BCUT2D eigenvalue weighted by Crippen LogP contribution is 2.29. The molecule has 1 aromatic carbocycles. The van der Waals surface area contributed by atoms with Gasteiger partial charge in [0.2, 0.25) is 5.91 Å². The lowest BCUT2D eigenvalue weighted by Crippen LogP contribution is -2.55. The van der Waals surface area contributed by atoms with Gasteiger partial charge in [-0.2, -0.15) is 0 Å². The molecule has 6 heteroatoms. The monoisotopic (exact) mass is 406 g/mol. The fourth-order valence-electron chi connectivity index (χ4n) is 4.41. The van der Waals surface area contributed by atoms with E-state index in [4.69, 9.17) is 4.74 Å². The van der Waals surface area contributed by atoms with Gasteiger partial charge in [-0.05, 0) is 43.2 Å². The Bertz CT molecular complexity index is 863. The van der Waals surface area contributed by atoms with Crippen molar-refractivity contribution in [3.63, 3.8) is 0 Å². The molecule has 4 rings (SSSR count). The van der Waals surface area contributed by atoms with Gasteiger partial charge in [0.1, 0.15) is 5.75 Å². The molecular weight excluding hydrogens is 376 g/mol. The Morgan fingerprint density at radius 2 is 1.87 bits per heavy atom. The quantitative estimate of drug-likeness (QED) is 0.715. The molecule has 0 N–H and O–H groups in total. The molecule has 0 aliphatic carbocycles. The summed E-state index contributed by atoms with van der Waals surface area (Å²) in [6, 6.07) is 14.4. The van der Waals surface area contributed by atoms with Gasteiger partial charge in [0.25, 0.3) is 0 Å². The van der Waals surface area contributed by atoms with E-state index in [1.54, 1.807) is 25.5 Å². The number of ether oxygens (including phenoxy) is 1. The minimum atomic E-state index is 0.0815. The van der Waals surface area contributed by atoms with E-state index in [0.717, 1.165) is 63.6 Å². The molecule has 1 amide bonds. The zero-order valence-corrected chi connectivity index (χ0v) is 17.6. The molecule has 2 aromatic rings. The number of rotatable bonds is 5. The van der Waals surface area contributed by atoms with Gasteiger partial charge in [0.15, 0.2) is 0 Å². The maximum absolute atomic E-state index is 12.7. The van der Waals surface area contributed by atoms with Crippen LogP contribution in [0.1, 0.15) is 18.5 Å². The van der Waals surface area contributed by atoms with E-state index in [9.17, 15) is 4.79 Å². The van der Waals surface area contributed by atoms with Crippen molar-refractivity contribution in [2.75, 3.05) is 51.3 Å². The molecular formula is C24H30N4O2. The number of aromatic nitrogens is 1. The second kappa shape index (κ2) is 9.76. The Labute approximate surface area is 178 Å². The highest BCUT2D eigenvalue weighted by Gasteiger charge is 2.29. The Morgan fingerprint density at radius 3 is 2.63 bits per heavy atom. The summed E-state index contributed by atoms with van der Waals surface area (Å²) in [5.74, 6) is 1.01. The van der Waals surface area contributed by atoms with Gasteiger partial charge in [0.05, 0.1) is 18.5 Å². The van der Waals surface area contributed by atoms with E-state index in [1.165, 1.54) is 5.69 Å². The standard InChI is InChI=1S/C24H30N4O2/c1-30-23-10-3-2-9-22(23)27-17-15-26(16-18-27)21-8-6-14-28(19-21)24(29)12-11-20-7-4-5-13-25-20/h2-5,7,9-13,21H,6,8,14-19H2,1H3/b12-11+. The number of methoxy groups -OCH3 is 1. The Balaban J connectivity index is 1.32. The topological polar surface area (TPSA) is 48.9 Å². The SMILES string of the molecule is COc1ccccc1N1CCN(C2CCCN(C(=O)/C=C/c3ccccn3)C2)CC1. The third kappa shape index (κ3) is 4.82. The smallest absolute Gasteiger partial charge is 0.246 e. The van der Waals surface area contributed by atoms with Crippen LogP contribution in [0.15, 0.2) is 54.7 Å². The summed E-state index contributed by atoms with van der Waals surface area (Å²) >= 11 is 0. The summed E-state index contributed by atoms with van der Waals surface area (Å²) in [5.41, 5.74) is 1.98. The number of benzene rings is 1. The predicted molar refractivity (Wildman–Crippen MR) is 120 cm³/mol. The van der Waals surface area contributed by atoms with Crippen molar-refractivity contribution in [2.45, 2.75) is 18.9 Å². The van der Waals surface area contributed by atoms with Crippen molar-refractivity contribution in [2.24, 2.45) is 0 Å². The number of amides is 1. The van der Waals surface area contributed by atoms with Crippen molar-refractivity contribution in [1.82, 2.24) is 14.8 Å². The van der Waals surface area contributed by atoms with E-state index >= 15 is 0 Å². The molecule has 6 nitrogen and oxygen atoms in total. The maximum Gasteiger partial charge on any atom is 0.246 e. The molecule has 1 atom stereocenters. The van der Waals surface area contributed by atoms with Crippen LogP contribution in [0.25, 0.3) is 6.08 Å². The van der Waals surface area contributed by atoms with Gasteiger partial charge in [-0.1, -0.05) is 18.2 Å². The Hall–Kier alpha value is -2.86. The fraction of sp³-hybridized carbons (Fsp3) is 0.417. The van der Waals surface area contributed by atoms with Crippen molar-refractivity contribution in [3.05, 3.63) is 60.4 Å². The normalized spacial score (nSPS) is 20.5. The van der Waals surface area contributed by atoms with Crippen molar-refractivity contribution >= 4 is 17.7 Å². The lowest BCUT2D eigenvalue weighted by atomic mass is 10.0. The zero-order valence-electron chi connectivity index (χ0n) is 17.6. The number of para-hydroxylation sites is 2. The largest absolute Gasteiger partial charge is 0.495 e.